The molecule has 10 heteroatoms. The van der Waals surface area contributed by atoms with E-state index in [9.17, 15) is 19.5 Å². The Hall–Kier alpha value is -2.42. The lowest BCUT2D eigenvalue weighted by Crippen LogP contribution is -2.51. The summed E-state index contributed by atoms with van der Waals surface area (Å²) in [6.45, 7) is 5.21. The second-order valence-corrected chi connectivity index (χ2v) is 9.30. The Morgan fingerprint density at radius 2 is 1.72 bits per heavy atom. The van der Waals surface area contributed by atoms with Gasteiger partial charge in [0.2, 0.25) is 0 Å². The van der Waals surface area contributed by atoms with Gasteiger partial charge in [0.05, 0.1) is 17.4 Å². The summed E-state index contributed by atoms with van der Waals surface area (Å²) in [5.74, 6) is -1.90. The summed E-state index contributed by atoms with van der Waals surface area (Å²) in [4.78, 5) is 42.6. The van der Waals surface area contributed by atoms with Crippen LogP contribution < -0.4 is 10.6 Å². The summed E-state index contributed by atoms with van der Waals surface area (Å²) in [5, 5.41) is 15.5. The van der Waals surface area contributed by atoms with Crippen LogP contribution in [-0.4, -0.2) is 43.9 Å². The summed E-state index contributed by atoms with van der Waals surface area (Å²) < 4.78 is 1.55. The first-order valence-corrected chi connectivity index (χ1v) is 11.0. The average molecular weight is 481 g/mol. The Balaban J connectivity index is 1.84. The fraction of sp³-hybridized carbons (Fsp3) is 0.455. The topological polar surface area (TPSA) is 113 Å². The van der Waals surface area contributed by atoms with E-state index in [2.05, 4.69) is 15.6 Å². The number of carbonyl (C=O) groups is 3. The molecule has 0 unspecified atom stereocenters. The first kappa shape index (κ1) is 24.2. The van der Waals surface area contributed by atoms with Crippen LogP contribution in [-0.2, 0) is 11.8 Å². The van der Waals surface area contributed by atoms with Gasteiger partial charge in [0.15, 0.2) is 0 Å². The molecule has 1 fully saturated rings. The highest BCUT2D eigenvalue weighted by atomic mass is 35.5. The smallest absolute Gasteiger partial charge is 0.294 e. The zero-order chi connectivity index (χ0) is 23.8. The maximum absolute atomic E-state index is 13.0. The van der Waals surface area contributed by atoms with Gasteiger partial charge in [0.25, 0.3) is 17.6 Å². The third-order valence-electron chi connectivity index (χ3n) is 6.07. The predicted octanol–water partition coefficient (Wildman–Crippen LogP) is 3.59. The van der Waals surface area contributed by atoms with Crippen molar-refractivity contribution < 1.29 is 19.5 Å². The number of pyridine rings is 1. The van der Waals surface area contributed by atoms with Crippen LogP contribution in [0.2, 0.25) is 10.3 Å². The maximum atomic E-state index is 13.0. The van der Waals surface area contributed by atoms with Crippen molar-refractivity contribution in [2.45, 2.75) is 58.1 Å². The van der Waals surface area contributed by atoms with Crippen molar-refractivity contribution >= 4 is 46.5 Å². The number of nitrogens with zero attached hydrogens (tertiary/aromatic N) is 2. The number of anilines is 1. The minimum Gasteiger partial charge on any atom is -0.393 e. The lowest BCUT2D eigenvalue weighted by atomic mass is 9.82. The van der Waals surface area contributed by atoms with E-state index < -0.39 is 23.1 Å². The molecule has 32 heavy (non-hydrogen) atoms. The standard InChI is InChI=1S/C22H26Cl2N4O4/c1-11-17(20(31)25-13-9-15(23)26-16(24)10-13)12(2)28(4)18(11)19(30)21(32)27-22(3)7-5-14(29)6-8-22/h9-10,14,29H,5-8H2,1-4H3,(H,27,32)(H,25,26,31)/t14-,22-. The molecule has 3 N–H and O–H groups in total. The molecular formula is C22H26Cl2N4O4. The van der Waals surface area contributed by atoms with Crippen LogP contribution in [0.15, 0.2) is 12.1 Å². The fourth-order valence-electron chi connectivity index (χ4n) is 4.17. The van der Waals surface area contributed by atoms with Gasteiger partial charge in [0, 0.05) is 24.0 Å². The molecule has 0 aliphatic heterocycles. The van der Waals surface area contributed by atoms with Crippen molar-refractivity contribution in [2.75, 3.05) is 5.32 Å². The predicted molar refractivity (Wildman–Crippen MR) is 122 cm³/mol. The van der Waals surface area contributed by atoms with Crippen molar-refractivity contribution in [3.63, 3.8) is 0 Å². The van der Waals surface area contributed by atoms with Gasteiger partial charge in [-0.05, 0) is 64.2 Å². The lowest BCUT2D eigenvalue weighted by molar-refractivity contribution is -0.119. The van der Waals surface area contributed by atoms with E-state index in [1.807, 2.05) is 6.92 Å². The molecule has 0 atom stereocenters. The molecule has 2 heterocycles. The monoisotopic (exact) mass is 480 g/mol. The van der Waals surface area contributed by atoms with Gasteiger partial charge in [-0.2, -0.15) is 0 Å². The minimum absolute atomic E-state index is 0.130. The first-order valence-electron chi connectivity index (χ1n) is 10.3. The molecule has 0 bridgehead atoms. The highest BCUT2D eigenvalue weighted by molar-refractivity contribution is 6.43. The van der Waals surface area contributed by atoms with Crippen LogP contribution >= 0.6 is 23.2 Å². The van der Waals surface area contributed by atoms with Gasteiger partial charge in [-0.1, -0.05) is 23.2 Å². The third kappa shape index (κ3) is 4.98. The average Bonchev–Trinajstić information content (AvgIpc) is 2.91. The number of aliphatic hydroxyl groups excluding tert-OH is 1. The van der Waals surface area contributed by atoms with Gasteiger partial charge in [0.1, 0.15) is 10.3 Å². The molecule has 0 aromatic carbocycles. The van der Waals surface area contributed by atoms with Crippen molar-refractivity contribution in [3.05, 3.63) is 45.0 Å². The Morgan fingerprint density at radius 1 is 1.16 bits per heavy atom. The van der Waals surface area contributed by atoms with Gasteiger partial charge in [-0.15, -0.1) is 0 Å². The Kier molecular flexibility index (Phi) is 6.97. The summed E-state index contributed by atoms with van der Waals surface area (Å²) >= 11 is 11.8. The number of ketones is 1. The summed E-state index contributed by atoms with van der Waals surface area (Å²) in [6, 6.07) is 2.92. The van der Waals surface area contributed by atoms with Crippen molar-refractivity contribution in [3.8, 4) is 0 Å². The largest absolute Gasteiger partial charge is 0.393 e. The number of rotatable bonds is 5. The van der Waals surface area contributed by atoms with E-state index in [-0.39, 0.29) is 22.1 Å². The van der Waals surface area contributed by atoms with Crippen LogP contribution in [0.5, 0.6) is 0 Å². The van der Waals surface area contributed by atoms with Gasteiger partial charge in [-0.25, -0.2) is 4.98 Å². The molecule has 1 aliphatic rings. The van der Waals surface area contributed by atoms with Gasteiger partial charge < -0.3 is 20.3 Å². The summed E-state index contributed by atoms with van der Waals surface area (Å²) in [6.07, 6.45) is 1.94. The van der Waals surface area contributed by atoms with E-state index >= 15 is 0 Å². The van der Waals surface area contributed by atoms with Crippen molar-refractivity contribution in [1.29, 1.82) is 0 Å². The molecule has 2 aromatic heterocycles. The number of Topliss-reactive ketones (excluding diaryl/α,β-unsaturated/α-hetero) is 1. The fourth-order valence-corrected chi connectivity index (χ4v) is 4.63. The normalized spacial score (nSPS) is 20.7. The quantitative estimate of drug-likeness (QED) is 0.343. The maximum Gasteiger partial charge on any atom is 0.294 e. The highest BCUT2D eigenvalue weighted by Gasteiger charge is 2.35. The Morgan fingerprint density at radius 3 is 2.28 bits per heavy atom. The molecule has 0 saturated heterocycles. The number of hydrogen-bond acceptors (Lipinski definition) is 5. The van der Waals surface area contributed by atoms with Crippen LogP contribution in [0.4, 0.5) is 5.69 Å². The number of aromatic nitrogens is 2. The van der Waals surface area contributed by atoms with E-state index in [0.29, 0.717) is 48.2 Å². The Labute approximate surface area is 196 Å². The molecule has 0 spiro atoms. The van der Waals surface area contributed by atoms with E-state index in [1.54, 1.807) is 25.5 Å². The number of halogens is 2. The first-order chi connectivity index (χ1) is 14.9. The third-order valence-corrected chi connectivity index (χ3v) is 6.46. The van der Waals surface area contributed by atoms with Crippen LogP contribution in [0.3, 0.4) is 0 Å². The van der Waals surface area contributed by atoms with Crippen LogP contribution in [0.1, 0.15) is 64.7 Å². The van der Waals surface area contributed by atoms with Crippen molar-refractivity contribution in [2.24, 2.45) is 7.05 Å². The second kappa shape index (κ2) is 9.21. The van der Waals surface area contributed by atoms with E-state index in [0.717, 1.165) is 0 Å². The molecule has 1 aliphatic carbocycles. The number of carbonyl (C=O) groups excluding carboxylic acids is 3. The molecule has 2 aromatic rings. The molecule has 172 valence electrons. The molecule has 1 saturated carbocycles. The van der Waals surface area contributed by atoms with Gasteiger partial charge >= 0.3 is 0 Å². The Bertz CT molecular complexity index is 1070. The number of aliphatic hydroxyl groups is 1. The summed E-state index contributed by atoms with van der Waals surface area (Å²) in [5.41, 5.74) is 1.18. The van der Waals surface area contributed by atoms with Crippen LogP contribution in [0, 0.1) is 13.8 Å². The highest BCUT2D eigenvalue weighted by Crippen LogP contribution is 2.29. The van der Waals surface area contributed by atoms with E-state index in [1.165, 1.54) is 12.1 Å². The minimum atomic E-state index is -0.729. The second-order valence-electron chi connectivity index (χ2n) is 8.52. The molecular weight excluding hydrogens is 455 g/mol. The molecule has 3 rings (SSSR count). The lowest BCUT2D eigenvalue weighted by Gasteiger charge is -2.36. The number of amides is 2. The van der Waals surface area contributed by atoms with Gasteiger partial charge in [-0.3, -0.25) is 14.4 Å². The molecule has 2 amide bonds. The molecule has 8 nitrogen and oxygen atoms in total. The number of hydrogen-bond donors (Lipinski definition) is 3. The SMILES string of the molecule is Cc1c(C(=O)Nc2cc(Cl)nc(Cl)c2)c(C)n(C)c1C(=O)C(=O)N[C@]1(C)CC[C@@H](O)CC1. The number of nitrogens with one attached hydrogen (secondary N) is 2. The molecule has 0 radical (unpaired) electrons. The zero-order valence-electron chi connectivity index (χ0n) is 18.4. The zero-order valence-corrected chi connectivity index (χ0v) is 19.9. The van der Waals surface area contributed by atoms with E-state index in [4.69, 9.17) is 23.2 Å². The van der Waals surface area contributed by atoms with Crippen LogP contribution in [0.25, 0.3) is 0 Å². The van der Waals surface area contributed by atoms with Crippen molar-refractivity contribution in [1.82, 2.24) is 14.9 Å². The summed E-state index contributed by atoms with van der Waals surface area (Å²) in [7, 11) is 1.64.